The first-order chi connectivity index (χ1) is 15.9. The molecule has 0 bridgehead atoms. The van der Waals surface area contributed by atoms with Gasteiger partial charge in [0.15, 0.2) is 11.5 Å². The van der Waals surface area contributed by atoms with Crippen molar-refractivity contribution in [3.05, 3.63) is 42.0 Å². The van der Waals surface area contributed by atoms with Crippen LogP contribution < -0.4 is 18.9 Å². The van der Waals surface area contributed by atoms with E-state index in [-0.39, 0.29) is 5.91 Å². The number of benzene rings is 2. The molecular weight excluding hydrogens is 420 g/mol. The van der Waals surface area contributed by atoms with E-state index >= 15 is 0 Å². The maximum Gasteiger partial charge on any atom is 0.244 e. The summed E-state index contributed by atoms with van der Waals surface area (Å²) in [7, 11) is 6.29. The molecule has 1 aromatic heterocycles. The van der Waals surface area contributed by atoms with E-state index in [1.807, 2.05) is 58.9 Å². The molecule has 3 rings (SSSR count). The Labute approximate surface area is 197 Å². The average Bonchev–Trinajstić information content (AvgIpc) is 3.31. The molecule has 0 saturated carbocycles. The molecule has 0 radical (unpaired) electrons. The molecule has 7 heteroatoms. The lowest BCUT2D eigenvalue weighted by Gasteiger charge is -2.13. The highest BCUT2D eigenvalue weighted by atomic mass is 16.5. The van der Waals surface area contributed by atoms with Gasteiger partial charge in [-0.15, -0.1) is 0 Å². The maximum atomic E-state index is 12.2. The lowest BCUT2D eigenvalue weighted by molar-refractivity contribution is 0.0923. The van der Waals surface area contributed by atoms with E-state index < -0.39 is 0 Å². The number of methoxy groups -OCH3 is 4. The Morgan fingerprint density at radius 3 is 1.73 bits per heavy atom. The number of aryl methyl sites for hydroxylation is 1. The molecule has 0 unspecified atom stereocenters. The Morgan fingerprint density at radius 1 is 0.758 bits per heavy atom. The predicted octanol–water partition coefficient (Wildman–Crippen LogP) is 6.27. The van der Waals surface area contributed by atoms with Gasteiger partial charge in [0.05, 0.1) is 39.8 Å². The summed E-state index contributed by atoms with van der Waals surface area (Å²) in [4.78, 5) is 12.2. The number of hydrogen-bond acceptors (Lipinski definition) is 6. The summed E-state index contributed by atoms with van der Waals surface area (Å²) in [6, 6.07) is 11.2. The van der Waals surface area contributed by atoms with E-state index in [9.17, 15) is 4.79 Å². The second-order valence-corrected chi connectivity index (χ2v) is 6.44. The topological polar surface area (TPSA) is 71.8 Å². The highest BCUT2D eigenvalue weighted by Gasteiger charge is 2.19. The number of aromatic nitrogens is 2. The van der Waals surface area contributed by atoms with Gasteiger partial charge < -0.3 is 18.9 Å². The Morgan fingerprint density at radius 2 is 1.30 bits per heavy atom. The molecule has 3 aromatic rings. The Hall–Kier alpha value is -3.48. The third-order valence-electron chi connectivity index (χ3n) is 4.66. The monoisotopic (exact) mass is 456 g/mol. The zero-order chi connectivity index (χ0) is 25.1. The normalized spacial score (nSPS) is 9.64. The second kappa shape index (κ2) is 13.2. The van der Waals surface area contributed by atoms with Crippen LogP contribution in [0.4, 0.5) is 0 Å². The van der Waals surface area contributed by atoms with Gasteiger partial charge in [-0.1, -0.05) is 27.7 Å². The molecule has 0 atom stereocenters. The van der Waals surface area contributed by atoms with Gasteiger partial charge in [-0.25, -0.2) is 0 Å². The van der Waals surface area contributed by atoms with Crippen molar-refractivity contribution in [2.24, 2.45) is 0 Å². The van der Waals surface area contributed by atoms with E-state index in [1.165, 1.54) is 11.6 Å². The van der Waals surface area contributed by atoms with Crippen LogP contribution in [0, 0.1) is 6.92 Å². The zero-order valence-electron chi connectivity index (χ0n) is 21.4. The standard InChI is InChI=1S/C22H24N2O5.2C2H6/c1-13-9-15(7-8-19(13)26-3)18-12-17(23-24(18)14(2)25)16-10-20(27-4)22(29-6)21(11-16)28-5;2*1-2/h7-12H,1-6H3;2*1-2H3. The van der Waals surface area contributed by atoms with Crippen LogP contribution in [-0.4, -0.2) is 44.1 Å². The van der Waals surface area contributed by atoms with Gasteiger partial charge in [0.1, 0.15) is 5.75 Å². The minimum Gasteiger partial charge on any atom is -0.496 e. The fourth-order valence-corrected chi connectivity index (χ4v) is 3.23. The molecule has 0 aliphatic carbocycles. The third kappa shape index (κ3) is 6.06. The van der Waals surface area contributed by atoms with Crippen molar-refractivity contribution in [3.63, 3.8) is 0 Å². The lowest BCUT2D eigenvalue weighted by Crippen LogP contribution is -2.09. The highest BCUT2D eigenvalue weighted by Crippen LogP contribution is 2.41. The largest absolute Gasteiger partial charge is 0.496 e. The fourth-order valence-electron chi connectivity index (χ4n) is 3.23. The van der Waals surface area contributed by atoms with Crippen molar-refractivity contribution in [3.8, 4) is 45.5 Å². The fraction of sp³-hybridized carbons (Fsp3) is 0.385. The van der Waals surface area contributed by atoms with Crippen LogP contribution in [0.3, 0.4) is 0 Å². The number of nitrogens with zero attached hydrogens (tertiary/aromatic N) is 2. The third-order valence-corrected chi connectivity index (χ3v) is 4.66. The SMILES string of the molecule is CC.CC.COc1ccc(-c2cc(-c3cc(OC)c(OC)c(OC)c3)nn2C(C)=O)cc1C. The number of carbonyl (C=O) groups is 1. The predicted molar refractivity (Wildman–Crippen MR) is 133 cm³/mol. The molecule has 0 aliphatic rings. The molecule has 1 heterocycles. The van der Waals surface area contributed by atoms with Gasteiger partial charge in [0, 0.05) is 18.1 Å². The molecule has 180 valence electrons. The molecule has 0 saturated heterocycles. The molecular formula is C26H36N2O5. The van der Waals surface area contributed by atoms with E-state index in [4.69, 9.17) is 18.9 Å². The highest BCUT2D eigenvalue weighted by molar-refractivity contribution is 5.84. The van der Waals surface area contributed by atoms with Crippen molar-refractivity contribution < 1.29 is 23.7 Å². The zero-order valence-corrected chi connectivity index (χ0v) is 21.4. The summed E-state index contributed by atoms with van der Waals surface area (Å²) in [5.74, 6) is 2.12. The second-order valence-electron chi connectivity index (χ2n) is 6.44. The molecule has 0 fully saturated rings. The van der Waals surface area contributed by atoms with Gasteiger partial charge in [-0.3, -0.25) is 4.79 Å². The summed E-state index contributed by atoms with van der Waals surface area (Å²) in [6.45, 7) is 11.4. The van der Waals surface area contributed by atoms with E-state index in [2.05, 4.69) is 5.10 Å². The Balaban J connectivity index is 0.00000129. The van der Waals surface area contributed by atoms with Crippen LogP contribution in [0.1, 0.15) is 45.0 Å². The summed E-state index contributed by atoms with van der Waals surface area (Å²) >= 11 is 0. The van der Waals surface area contributed by atoms with Gasteiger partial charge in [-0.2, -0.15) is 9.78 Å². The number of carbonyl (C=O) groups excluding carboxylic acids is 1. The molecule has 7 nitrogen and oxygen atoms in total. The van der Waals surface area contributed by atoms with Crippen LogP contribution in [0.2, 0.25) is 0 Å². The van der Waals surface area contributed by atoms with Crippen LogP contribution in [0.15, 0.2) is 36.4 Å². The minimum atomic E-state index is -0.188. The van der Waals surface area contributed by atoms with Crippen molar-refractivity contribution in [1.82, 2.24) is 9.78 Å². The molecule has 2 aromatic carbocycles. The van der Waals surface area contributed by atoms with Crippen LogP contribution >= 0.6 is 0 Å². The van der Waals surface area contributed by atoms with Crippen LogP contribution in [0.25, 0.3) is 22.5 Å². The van der Waals surface area contributed by atoms with Gasteiger partial charge in [0.2, 0.25) is 11.7 Å². The van der Waals surface area contributed by atoms with E-state index in [0.29, 0.717) is 28.6 Å². The van der Waals surface area contributed by atoms with Crippen molar-refractivity contribution >= 4 is 5.91 Å². The smallest absolute Gasteiger partial charge is 0.244 e. The van der Waals surface area contributed by atoms with Crippen molar-refractivity contribution in [1.29, 1.82) is 0 Å². The average molecular weight is 457 g/mol. The first-order valence-electron chi connectivity index (χ1n) is 11.0. The molecule has 0 N–H and O–H groups in total. The summed E-state index contributed by atoms with van der Waals surface area (Å²) < 4.78 is 23.0. The summed E-state index contributed by atoms with van der Waals surface area (Å²) in [5, 5.41) is 4.52. The first-order valence-corrected chi connectivity index (χ1v) is 11.0. The van der Waals surface area contributed by atoms with Crippen molar-refractivity contribution in [2.75, 3.05) is 28.4 Å². The van der Waals surface area contributed by atoms with E-state index in [1.54, 1.807) is 40.6 Å². The minimum absolute atomic E-state index is 0.188. The van der Waals surface area contributed by atoms with Crippen molar-refractivity contribution in [2.45, 2.75) is 41.5 Å². The lowest BCUT2D eigenvalue weighted by atomic mass is 10.1. The molecule has 0 spiro atoms. The Kier molecular flexibility index (Phi) is 11.0. The number of rotatable bonds is 6. The summed E-state index contributed by atoms with van der Waals surface area (Å²) in [5.41, 5.74) is 3.88. The first kappa shape index (κ1) is 27.6. The molecule has 33 heavy (non-hydrogen) atoms. The maximum absolute atomic E-state index is 12.2. The molecule has 0 amide bonds. The van der Waals surface area contributed by atoms with Gasteiger partial charge in [0.25, 0.3) is 0 Å². The van der Waals surface area contributed by atoms with E-state index in [0.717, 1.165) is 22.4 Å². The van der Waals surface area contributed by atoms with Gasteiger partial charge in [-0.05, 0) is 48.9 Å². The molecule has 0 aliphatic heterocycles. The Bertz CT molecular complexity index is 1030. The quantitative estimate of drug-likeness (QED) is 0.435. The van der Waals surface area contributed by atoms with Crippen LogP contribution in [0.5, 0.6) is 23.0 Å². The number of ether oxygens (including phenoxy) is 4. The summed E-state index contributed by atoms with van der Waals surface area (Å²) in [6.07, 6.45) is 0. The number of hydrogen-bond donors (Lipinski definition) is 0. The van der Waals surface area contributed by atoms with Gasteiger partial charge >= 0.3 is 0 Å². The van der Waals surface area contributed by atoms with Crippen LogP contribution in [-0.2, 0) is 0 Å².